The average Bonchev–Trinajstić information content (AvgIpc) is 2.51. The first-order valence-electron chi connectivity index (χ1n) is 4.34. The Bertz CT molecular complexity index is 183. The number of hydrogen-bond acceptors (Lipinski definition) is 2. The fourth-order valence-electron chi connectivity index (χ4n) is 1.47. The quantitative estimate of drug-likeness (QED) is 0.621. The Morgan fingerprint density at radius 3 is 2.58 bits per heavy atom. The van der Waals surface area contributed by atoms with Crippen LogP contribution >= 0.6 is 0 Å². The molecule has 1 saturated carbocycles. The van der Waals surface area contributed by atoms with E-state index in [4.69, 9.17) is 5.11 Å². The molecule has 0 atom stereocenters. The van der Waals surface area contributed by atoms with Crippen molar-refractivity contribution in [2.45, 2.75) is 31.7 Å². The number of carbonyl (C=O) groups is 1. The van der Waals surface area contributed by atoms with Crippen molar-refractivity contribution in [2.75, 3.05) is 6.54 Å². The predicted octanol–water partition coefficient (Wildman–Crippen LogP) is 1.16. The van der Waals surface area contributed by atoms with Gasteiger partial charge in [0, 0.05) is 18.2 Å². The minimum Gasteiger partial charge on any atom is -0.478 e. The first kappa shape index (κ1) is 9.26. The minimum absolute atomic E-state index is 0.252. The maximum Gasteiger partial charge on any atom is 0.332 e. The number of nitrogens with one attached hydrogen (secondary N) is 1. The summed E-state index contributed by atoms with van der Waals surface area (Å²) >= 11 is 0. The first-order chi connectivity index (χ1) is 5.70. The van der Waals surface area contributed by atoms with Crippen LogP contribution in [0.15, 0.2) is 12.2 Å². The van der Waals surface area contributed by atoms with E-state index in [0.717, 1.165) is 0 Å². The van der Waals surface area contributed by atoms with Crippen LogP contribution in [0, 0.1) is 0 Å². The molecular weight excluding hydrogens is 154 g/mol. The van der Waals surface area contributed by atoms with Gasteiger partial charge in [-0.1, -0.05) is 19.4 Å². The Kier molecular flexibility index (Phi) is 3.29. The molecular formula is C9H15NO2. The molecule has 12 heavy (non-hydrogen) atoms. The highest BCUT2D eigenvalue weighted by Crippen LogP contribution is 2.17. The zero-order valence-electron chi connectivity index (χ0n) is 7.18. The second-order valence-corrected chi connectivity index (χ2v) is 3.27. The molecule has 0 spiro atoms. The topological polar surface area (TPSA) is 49.3 Å². The molecule has 0 amide bonds. The molecule has 2 N–H and O–H groups in total. The van der Waals surface area contributed by atoms with Gasteiger partial charge in [0.15, 0.2) is 0 Å². The van der Waals surface area contributed by atoms with Crippen LogP contribution in [0.25, 0.3) is 0 Å². The van der Waals surface area contributed by atoms with Gasteiger partial charge in [-0.2, -0.15) is 0 Å². The molecule has 3 nitrogen and oxygen atoms in total. The molecule has 0 aliphatic heterocycles. The molecule has 0 aromatic rings. The lowest BCUT2D eigenvalue weighted by Crippen LogP contribution is -2.29. The molecule has 0 heterocycles. The Hall–Kier alpha value is -0.830. The maximum absolute atomic E-state index is 10.4. The SMILES string of the molecule is C=C(CNC1CCCC1)C(=O)O. The molecule has 1 fully saturated rings. The average molecular weight is 169 g/mol. The van der Waals surface area contributed by atoms with Crippen molar-refractivity contribution in [3.05, 3.63) is 12.2 Å². The summed E-state index contributed by atoms with van der Waals surface area (Å²) < 4.78 is 0. The molecule has 1 aliphatic rings. The lowest BCUT2D eigenvalue weighted by Gasteiger charge is -2.10. The molecule has 1 aliphatic carbocycles. The molecule has 0 aromatic carbocycles. The van der Waals surface area contributed by atoms with E-state index in [9.17, 15) is 4.79 Å². The second kappa shape index (κ2) is 4.26. The number of hydrogen-bond donors (Lipinski definition) is 2. The van der Waals surface area contributed by atoms with E-state index in [1.807, 2.05) is 0 Å². The third-order valence-electron chi connectivity index (χ3n) is 2.26. The van der Waals surface area contributed by atoms with Crippen molar-refractivity contribution in [1.29, 1.82) is 0 Å². The molecule has 0 unspecified atom stereocenters. The van der Waals surface area contributed by atoms with Crippen molar-refractivity contribution in [3.8, 4) is 0 Å². The number of carboxylic acid groups (broad SMARTS) is 1. The van der Waals surface area contributed by atoms with E-state index in [2.05, 4.69) is 11.9 Å². The zero-order chi connectivity index (χ0) is 8.97. The monoisotopic (exact) mass is 169 g/mol. The standard InChI is InChI=1S/C9H15NO2/c1-7(9(11)12)6-10-8-4-2-3-5-8/h8,10H,1-6H2,(H,11,12). The van der Waals surface area contributed by atoms with E-state index in [1.165, 1.54) is 25.7 Å². The van der Waals surface area contributed by atoms with Crippen LogP contribution in [-0.2, 0) is 4.79 Å². The highest BCUT2D eigenvalue weighted by Gasteiger charge is 2.14. The normalized spacial score (nSPS) is 18.0. The minimum atomic E-state index is -0.902. The summed E-state index contributed by atoms with van der Waals surface area (Å²) in [6.45, 7) is 3.87. The summed E-state index contributed by atoms with van der Waals surface area (Å²) in [6, 6.07) is 0.515. The van der Waals surface area contributed by atoms with Crippen LogP contribution in [0.1, 0.15) is 25.7 Å². The van der Waals surface area contributed by atoms with Crippen LogP contribution in [0.3, 0.4) is 0 Å². The Labute approximate surface area is 72.5 Å². The molecule has 3 heteroatoms. The van der Waals surface area contributed by atoms with E-state index < -0.39 is 5.97 Å². The van der Waals surface area contributed by atoms with E-state index in [-0.39, 0.29) is 5.57 Å². The van der Waals surface area contributed by atoms with Gasteiger partial charge >= 0.3 is 5.97 Å². The number of rotatable bonds is 4. The summed E-state index contributed by atoms with van der Waals surface area (Å²) in [4.78, 5) is 10.4. The summed E-state index contributed by atoms with van der Waals surface area (Å²) in [5, 5.41) is 11.7. The molecule has 0 radical (unpaired) electrons. The predicted molar refractivity (Wildman–Crippen MR) is 47.0 cm³/mol. The fraction of sp³-hybridized carbons (Fsp3) is 0.667. The maximum atomic E-state index is 10.4. The van der Waals surface area contributed by atoms with E-state index in [1.54, 1.807) is 0 Å². The Balaban J connectivity index is 2.16. The molecule has 1 rings (SSSR count). The van der Waals surface area contributed by atoms with Gasteiger partial charge in [0.25, 0.3) is 0 Å². The zero-order valence-corrected chi connectivity index (χ0v) is 7.18. The third kappa shape index (κ3) is 2.66. The van der Waals surface area contributed by atoms with Crippen molar-refractivity contribution in [3.63, 3.8) is 0 Å². The van der Waals surface area contributed by atoms with Gasteiger partial charge in [-0.05, 0) is 12.8 Å². The molecule has 0 aromatic heterocycles. The van der Waals surface area contributed by atoms with Crippen LogP contribution in [0.2, 0.25) is 0 Å². The number of aliphatic carboxylic acids is 1. The molecule has 0 saturated heterocycles. The van der Waals surface area contributed by atoms with Gasteiger partial charge in [-0.25, -0.2) is 4.79 Å². The highest BCUT2D eigenvalue weighted by atomic mass is 16.4. The number of carboxylic acids is 1. The first-order valence-corrected chi connectivity index (χ1v) is 4.34. The lowest BCUT2D eigenvalue weighted by atomic mass is 10.2. The van der Waals surface area contributed by atoms with Gasteiger partial charge in [0.2, 0.25) is 0 Å². The van der Waals surface area contributed by atoms with Crippen LogP contribution < -0.4 is 5.32 Å². The van der Waals surface area contributed by atoms with Gasteiger partial charge in [0.05, 0.1) is 0 Å². The van der Waals surface area contributed by atoms with Gasteiger partial charge < -0.3 is 10.4 Å². The van der Waals surface area contributed by atoms with Crippen molar-refractivity contribution >= 4 is 5.97 Å². The van der Waals surface area contributed by atoms with E-state index >= 15 is 0 Å². The largest absolute Gasteiger partial charge is 0.478 e. The summed E-state index contributed by atoms with van der Waals surface area (Å²) in [7, 11) is 0. The van der Waals surface area contributed by atoms with Gasteiger partial charge in [0.1, 0.15) is 0 Å². The fourth-order valence-corrected chi connectivity index (χ4v) is 1.47. The van der Waals surface area contributed by atoms with Crippen LogP contribution in [0.4, 0.5) is 0 Å². The van der Waals surface area contributed by atoms with E-state index in [0.29, 0.717) is 12.6 Å². The summed E-state index contributed by atoms with van der Waals surface area (Å²) in [5.74, 6) is -0.902. The van der Waals surface area contributed by atoms with Gasteiger partial charge in [-0.15, -0.1) is 0 Å². The smallest absolute Gasteiger partial charge is 0.332 e. The second-order valence-electron chi connectivity index (χ2n) is 3.27. The van der Waals surface area contributed by atoms with Crippen molar-refractivity contribution in [2.24, 2.45) is 0 Å². The molecule has 0 bridgehead atoms. The summed E-state index contributed by atoms with van der Waals surface area (Å²) in [5.41, 5.74) is 0.252. The molecule has 68 valence electrons. The Morgan fingerprint density at radius 1 is 1.50 bits per heavy atom. The highest BCUT2D eigenvalue weighted by molar-refractivity contribution is 5.86. The third-order valence-corrected chi connectivity index (χ3v) is 2.26. The van der Waals surface area contributed by atoms with Crippen molar-refractivity contribution < 1.29 is 9.90 Å². The van der Waals surface area contributed by atoms with Gasteiger partial charge in [-0.3, -0.25) is 0 Å². The van der Waals surface area contributed by atoms with Crippen LogP contribution in [0.5, 0.6) is 0 Å². The lowest BCUT2D eigenvalue weighted by molar-refractivity contribution is -0.132. The Morgan fingerprint density at radius 2 is 2.08 bits per heavy atom. The van der Waals surface area contributed by atoms with Crippen molar-refractivity contribution in [1.82, 2.24) is 5.32 Å². The van der Waals surface area contributed by atoms with Crippen LogP contribution in [-0.4, -0.2) is 23.7 Å². The summed E-state index contributed by atoms with van der Waals surface area (Å²) in [6.07, 6.45) is 4.87.